The summed E-state index contributed by atoms with van der Waals surface area (Å²) in [6, 6.07) is 19.6. The van der Waals surface area contributed by atoms with Crippen LogP contribution in [-0.2, 0) is 13.2 Å². The summed E-state index contributed by atoms with van der Waals surface area (Å²) in [4.78, 5) is 4.39. The van der Waals surface area contributed by atoms with Crippen molar-refractivity contribution >= 4 is 11.7 Å². The van der Waals surface area contributed by atoms with Crippen LogP contribution < -0.4 is 20.5 Å². The zero-order valence-electron chi connectivity index (χ0n) is 16.9. The number of nitrogens with one attached hydrogen (secondary N) is 2. The number of aliphatic imine (C=N–C) groups is 1. The Labute approximate surface area is 180 Å². The quantitative estimate of drug-likeness (QED) is 0.385. The molecule has 0 spiro atoms. The summed E-state index contributed by atoms with van der Waals surface area (Å²) < 4.78 is 26.3. The third-order valence-electron chi connectivity index (χ3n) is 4.91. The second-order valence-corrected chi connectivity index (χ2v) is 7.09. The molecule has 0 fully saturated rings. The molecule has 1 aliphatic rings. The summed E-state index contributed by atoms with van der Waals surface area (Å²) >= 11 is 0. The third kappa shape index (κ3) is 5.01. The number of nitrogens with zero attached hydrogens (tertiary/aromatic N) is 1. The minimum Gasteiger partial charge on any atom is -0.489 e. The molecular weight excluding hydrogens is 395 g/mol. The average molecular weight is 418 g/mol. The summed E-state index contributed by atoms with van der Waals surface area (Å²) in [5.74, 6) is 1.77. The van der Waals surface area contributed by atoms with Gasteiger partial charge in [0.05, 0.1) is 6.54 Å². The standard InChI is InChI=1S/C24H23FN4O2/c25-22-18(14-30-20-8-4-16(5-9-20)23(26)27)2-1-3-19(22)15-31-21-10-6-17(7-11-21)24-28-12-13-29-24/h1-11H,12-15H2,(H3,26,27)(H,28,29). The van der Waals surface area contributed by atoms with Gasteiger partial charge in [0.15, 0.2) is 0 Å². The molecule has 0 radical (unpaired) electrons. The maximum Gasteiger partial charge on any atom is 0.136 e. The topological polar surface area (TPSA) is 92.7 Å². The third-order valence-corrected chi connectivity index (χ3v) is 4.91. The van der Waals surface area contributed by atoms with E-state index in [4.69, 9.17) is 20.6 Å². The summed E-state index contributed by atoms with van der Waals surface area (Å²) in [6.45, 7) is 1.85. The van der Waals surface area contributed by atoms with E-state index in [-0.39, 0.29) is 24.9 Å². The first-order chi connectivity index (χ1) is 15.1. The molecule has 3 aromatic rings. The lowest BCUT2D eigenvalue weighted by Crippen LogP contribution is -2.19. The molecule has 0 unspecified atom stereocenters. The molecule has 1 aliphatic heterocycles. The first kappa shape index (κ1) is 20.4. The molecule has 4 N–H and O–H groups in total. The van der Waals surface area contributed by atoms with Crippen molar-refractivity contribution < 1.29 is 13.9 Å². The Morgan fingerprint density at radius 3 is 2.03 bits per heavy atom. The Hall–Kier alpha value is -3.87. The van der Waals surface area contributed by atoms with Crippen LogP contribution in [0.4, 0.5) is 4.39 Å². The smallest absolute Gasteiger partial charge is 0.136 e. The molecule has 0 bridgehead atoms. The van der Waals surface area contributed by atoms with Crippen LogP contribution in [0.15, 0.2) is 71.7 Å². The van der Waals surface area contributed by atoms with E-state index in [2.05, 4.69) is 10.3 Å². The monoisotopic (exact) mass is 418 g/mol. The maximum absolute atomic E-state index is 14.9. The lowest BCUT2D eigenvalue weighted by atomic mass is 10.1. The van der Waals surface area contributed by atoms with Crippen LogP contribution in [0.1, 0.15) is 22.3 Å². The zero-order chi connectivity index (χ0) is 21.6. The van der Waals surface area contributed by atoms with Crippen LogP contribution in [0.3, 0.4) is 0 Å². The van der Waals surface area contributed by atoms with Crippen LogP contribution in [0, 0.1) is 11.2 Å². The number of rotatable bonds is 8. The maximum atomic E-state index is 14.9. The molecule has 0 aliphatic carbocycles. The molecule has 158 valence electrons. The van der Waals surface area contributed by atoms with Crippen LogP contribution in [0.25, 0.3) is 0 Å². The van der Waals surface area contributed by atoms with Gasteiger partial charge in [0, 0.05) is 28.8 Å². The van der Waals surface area contributed by atoms with Crippen molar-refractivity contribution in [1.29, 1.82) is 5.41 Å². The number of halogens is 1. The van der Waals surface area contributed by atoms with Gasteiger partial charge in [-0.15, -0.1) is 0 Å². The van der Waals surface area contributed by atoms with Crippen LogP contribution >= 0.6 is 0 Å². The number of hydrogen-bond acceptors (Lipinski definition) is 5. The number of benzene rings is 3. The Balaban J connectivity index is 1.36. The fraction of sp³-hybridized carbons (Fsp3) is 0.167. The van der Waals surface area contributed by atoms with E-state index in [1.54, 1.807) is 42.5 Å². The Morgan fingerprint density at radius 1 is 0.935 bits per heavy atom. The highest BCUT2D eigenvalue weighted by atomic mass is 19.1. The summed E-state index contributed by atoms with van der Waals surface area (Å²) in [5.41, 5.74) is 7.96. The largest absolute Gasteiger partial charge is 0.489 e. The van der Waals surface area contributed by atoms with Crippen molar-refractivity contribution in [2.45, 2.75) is 13.2 Å². The van der Waals surface area contributed by atoms with Gasteiger partial charge in [-0.05, 0) is 48.5 Å². The van der Waals surface area contributed by atoms with Gasteiger partial charge in [-0.1, -0.05) is 18.2 Å². The van der Waals surface area contributed by atoms with E-state index in [1.807, 2.05) is 24.3 Å². The van der Waals surface area contributed by atoms with Crippen LogP contribution in [0.5, 0.6) is 11.5 Å². The molecule has 4 rings (SSSR count). The number of amidine groups is 2. The lowest BCUT2D eigenvalue weighted by Gasteiger charge is -2.12. The SMILES string of the molecule is N=C(N)c1ccc(OCc2cccc(COc3ccc(C4=NCCN4)cc3)c2F)cc1. The normalized spacial score (nSPS) is 12.7. The van der Waals surface area contributed by atoms with Gasteiger partial charge < -0.3 is 20.5 Å². The van der Waals surface area contributed by atoms with E-state index < -0.39 is 0 Å². The Morgan fingerprint density at radius 2 is 1.52 bits per heavy atom. The second-order valence-electron chi connectivity index (χ2n) is 7.09. The number of ether oxygens (including phenoxy) is 2. The zero-order valence-corrected chi connectivity index (χ0v) is 16.9. The highest BCUT2D eigenvalue weighted by Gasteiger charge is 2.11. The van der Waals surface area contributed by atoms with E-state index >= 15 is 0 Å². The predicted molar refractivity (Wildman–Crippen MR) is 118 cm³/mol. The fourth-order valence-corrected chi connectivity index (χ4v) is 3.21. The molecule has 0 aromatic heterocycles. The number of nitrogens with two attached hydrogens (primary N) is 1. The highest BCUT2D eigenvalue weighted by molar-refractivity contribution is 5.99. The molecule has 3 aromatic carbocycles. The highest BCUT2D eigenvalue weighted by Crippen LogP contribution is 2.20. The molecule has 7 heteroatoms. The van der Waals surface area contributed by atoms with Gasteiger partial charge in [0.2, 0.25) is 0 Å². The van der Waals surface area contributed by atoms with Gasteiger partial charge in [-0.3, -0.25) is 10.4 Å². The van der Waals surface area contributed by atoms with Gasteiger partial charge >= 0.3 is 0 Å². The van der Waals surface area contributed by atoms with E-state index in [1.165, 1.54) is 0 Å². The molecular formula is C24H23FN4O2. The van der Waals surface area contributed by atoms with Crippen LogP contribution in [-0.4, -0.2) is 24.8 Å². The average Bonchev–Trinajstić information content (AvgIpc) is 3.33. The van der Waals surface area contributed by atoms with Crippen LogP contribution in [0.2, 0.25) is 0 Å². The molecule has 0 saturated heterocycles. The predicted octanol–water partition coefficient (Wildman–Crippen LogP) is 3.62. The minimum absolute atomic E-state index is 0.0103. The Kier molecular flexibility index (Phi) is 6.12. The van der Waals surface area contributed by atoms with Crippen molar-refractivity contribution in [3.63, 3.8) is 0 Å². The fourth-order valence-electron chi connectivity index (χ4n) is 3.21. The van der Waals surface area contributed by atoms with Crippen molar-refractivity contribution in [2.75, 3.05) is 13.1 Å². The Bertz CT molecular complexity index is 1100. The van der Waals surface area contributed by atoms with Crippen molar-refractivity contribution in [3.05, 3.63) is 94.8 Å². The van der Waals surface area contributed by atoms with Gasteiger partial charge in [0.1, 0.15) is 42.2 Å². The summed E-state index contributed by atoms with van der Waals surface area (Å²) in [7, 11) is 0. The molecule has 0 amide bonds. The van der Waals surface area contributed by atoms with Crippen molar-refractivity contribution in [3.8, 4) is 11.5 Å². The van der Waals surface area contributed by atoms with E-state index in [9.17, 15) is 4.39 Å². The minimum atomic E-state index is -0.344. The number of hydrogen-bond donors (Lipinski definition) is 3. The van der Waals surface area contributed by atoms with Crippen molar-refractivity contribution in [1.82, 2.24) is 5.32 Å². The first-order valence-electron chi connectivity index (χ1n) is 9.95. The van der Waals surface area contributed by atoms with Gasteiger partial charge in [-0.2, -0.15) is 0 Å². The molecule has 6 nitrogen and oxygen atoms in total. The van der Waals surface area contributed by atoms with E-state index in [0.29, 0.717) is 28.2 Å². The summed E-state index contributed by atoms with van der Waals surface area (Å²) in [6.07, 6.45) is 0. The first-order valence-corrected chi connectivity index (χ1v) is 9.95. The lowest BCUT2D eigenvalue weighted by molar-refractivity contribution is 0.287. The summed E-state index contributed by atoms with van der Waals surface area (Å²) in [5, 5.41) is 10.6. The van der Waals surface area contributed by atoms with E-state index in [0.717, 1.165) is 24.5 Å². The second kappa shape index (κ2) is 9.30. The molecule has 0 atom stereocenters. The molecule has 1 heterocycles. The number of nitrogen functional groups attached to an aromatic ring is 1. The molecule has 31 heavy (non-hydrogen) atoms. The van der Waals surface area contributed by atoms with Gasteiger partial charge in [-0.25, -0.2) is 4.39 Å². The van der Waals surface area contributed by atoms with Gasteiger partial charge in [0.25, 0.3) is 0 Å². The molecule has 0 saturated carbocycles. The van der Waals surface area contributed by atoms with Crippen molar-refractivity contribution in [2.24, 2.45) is 10.7 Å².